The Balaban J connectivity index is 1.82. The first-order valence-electron chi connectivity index (χ1n) is 6.90. The highest BCUT2D eigenvalue weighted by molar-refractivity contribution is 9.10. The fourth-order valence-electron chi connectivity index (χ4n) is 3.38. The van der Waals surface area contributed by atoms with Gasteiger partial charge in [-0.05, 0) is 55.5 Å². The van der Waals surface area contributed by atoms with Gasteiger partial charge in [0.05, 0.1) is 5.60 Å². The van der Waals surface area contributed by atoms with E-state index < -0.39 is 5.60 Å². The van der Waals surface area contributed by atoms with Gasteiger partial charge in [0.15, 0.2) is 0 Å². The Bertz CT molecular complexity index is 442. The summed E-state index contributed by atoms with van der Waals surface area (Å²) in [4.78, 5) is 0. The number of aliphatic hydroxyl groups is 1. The first kappa shape index (κ1) is 12.6. The molecule has 0 radical (unpaired) electrons. The average Bonchev–Trinajstić information content (AvgIpc) is 2.40. The summed E-state index contributed by atoms with van der Waals surface area (Å²) < 4.78 is 1.14. The lowest BCUT2D eigenvalue weighted by atomic mass is 9.74. The molecule has 2 atom stereocenters. The van der Waals surface area contributed by atoms with Gasteiger partial charge in [0.1, 0.15) is 0 Å². The molecular formula is C15H20BrNO. The molecule has 1 aliphatic carbocycles. The molecule has 1 saturated heterocycles. The van der Waals surface area contributed by atoms with Gasteiger partial charge in [0.2, 0.25) is 0 Å². The predicted octanol–water partition coefficient (Wildman–Crippen LogP) is 2.81. The third-order valence-corrected chi connectivity index (χ3v) is 4.94. The van der Waals surface area contributed by atoms with E-state index in [1.54, 1.807) is 0 Å². The minimum absolute atomic E-state index is 0.281. The van der Waals surface area contributed by atoms with E-state index in [1.165, 1.54) is 24.0 Å². The maximum absolute atomic E-state index is 10.9. The number of halogens is 1. The van der Waals surface area contributed by atoms with E-state index in [9.17, 15) is 5.11 Å². The highest BCUT2D eigenvalue weighted by atomic mass is 79.9. The summed E-state index contributed by atoms with van der Waals surface area (Å²) in [7, 11) is 0. The fraction of sp³-hybridized carbons (Fsp3) is 0.600. The lowest BCUT2D eigenvalue weighted by molar-refractivity contribution is -0.0189. The molecule has 1 aromatic carbocycles. The van der Waals surface area contributed by atoms with Crippen molar-refractivity contribution in [3.05, 3.63) is 33.8 Å². The number of aryl methyl sites for hydroxylation is 1. The number of nitrogens with one attached hydrogen (secondary N) is 1. The molecule has 3 rings (SSSR count). The summed E-state index contributed by atoms with van der Waals surface area (Å²) >= 11 is 3.52. The summed E-state index contributed by atoms with van der Waals surface area (Å²) in [5, 5.41) is 14.5. The van der Waals surface area contributed by atoms with E-state index >= 15 is 0 Å². The normalized spacial score (nSPS) is 32.0. The van der Waals surface area contributed by atoms with E-state index in [2.05, 4.69) is 39.4 Å². The smallest absolute Gasteiger partial charge is 0.0843 e. The van der Waals surface area contributed by atoms with Crippen LogP contribution in [-0.2, 0) is 12.8 Å². The van der Waals surface area contributed by atoms with Gasteiger partial charge < -0.3 is 10.4 Å². The lowest BCUT2D eigenvalue weighted by Gasteiger charge is -2.42. The zero-order valence-corrected chi connectivity index (χ0v) is 12.2. The van der Waals surface area contributed by atoms with Crippen LogP contribution in [0.3, 0.4) is 0 Å². The van der Waals surface area contributed by atoms with Gasteiger partial charge >= 0.3 is 0 Å². The van der Waals surface area contributed by atoms with Crippen LogP contribution in [0.5, 0.6) is 0 Å². The number of rotatable bonds is 1. The molecule has 0 amide bonds. The van der Waals surface area contributed by atoms with E-state index in [0.29, 0.717) is 0 Å². The molecule has 1 aromatic rings. The molecule has 2 N–H and O–H groups in total. The van der Waals surface area contributed by atoms with Gasteiger partial charge in [-0.1, -0.05) is 28.4 Å². The summed E-state index contributed by atoms with van der Waals surface area (Å²) in [6.45, 7) is 1.06. The molecule has 2 nitrogen and oxygen atoms in total. The first-order valence-corrected chi connectivity index (χ1v) is 7.70. The SMILES string of the molecule is OC1(C2CCCCN2)CCc2cc(Br)ccc2C1. The zero-order chi connectivity index (χ0) is 12.6. The van der Waals surface area contributed by atoms with Crippen molar-refractivity contribution in [1.82, 2.24) is 5.32 Å². The van der Waals surface area contributed by atoms with Gasteiger partial charge in [-0.2, -0.15) is 0 Å². The molecule has 0 bridgehead atoms. The Morgan fingerprint density at radius 3 is 2.94 bits per heavy atom. The van der Waals surface area contributed by atoms with Crippen molar-refractivity contribution in [1.29, 1.82) is 0 Å². The maximum Gasteiger partial charge on any atom is 0.0843 e. The lowest BCUT2D eigenvalue weighted by Crippen LogP contribution is -2.55. The van der Waals surface area contributed by atoms with Crippen molar-refractivity contribution in [2.24, 2.45) is 0 Å². The van der Waals surface area contributed by atoms with E-state index in [-0.39, 0.29) is 6.04 Å². The summed E-state index contributed by atoms with van der Waals surface area (Å²) in [6.07, 6.45) is 6.27. The minimum Gasteiger partial charge on any atom is -0.388 e. The minimum atomic E-state index is -0.540. The molecule has 1 aliphatic heterocycles. The van der Waals surface area contributed by atoms with Crippen LogP contribution in [-0.4, -0.2) is 23.3 Å². The van der Waals surface area contributed by atoms with Crippen LogP contribution in [0, 0.1) is 0 Å². The van der Waals surface area contributed by atoms with Crippen molar-refractivity contribution in [2.75, 3.05) is 6.54 Å². The van der Waals surface area contributed by atoms with Gasteiger partial charge in [-0.25, -0.2) is 0 Å². The Morgan fingerprint density at radius 2 is 2.17 bits per heavy atom. The van der Waals surface area contributed by atoms with E-state index in [1.807, 2.05) is 0 Å². The standard InChI is InChI=1S/C15H20BrNO/c16-13-5-4-12-10-15(18,7-6-11(12)9-13)14-3-1-2-8-17-14/h4-5,9,14,17-18H,1-3,6-8,10H2. The molecule has 0 saturated carbocycles. The average molecular weight is 310 g/mol. The molecule has 0 aromatic heterocycles. The second kappa shape index (κ2) is 4.95. The molecule has 1 heterocycles. The Hall–Kier alpha value is -0.380. The zero-order valence-electron chi connectivity index (χ0n) is 10.6. The van der Waals surface area contributed by atoms with Crippen LogP contribution in [0.15, 0.2) is 22.7 Å². The number of hydrogen-bond donors (Lipinski definition) is 2. The largest absolute Gasteiger partial charge is 0.388 e. The molecule has 0 spiro atoms. The fourth-order valence-corrected chi connectivity index (χ4v) is 3.79. The molecular weight excluding hydrogens is 290 g/mol. The third-order valence-electron chi connectivity index (χ3n) is 4.45. The molecule has 2 aliphatic rings. The van der Waals surface area contributed by atoms with Gasteiger partial charge in [0.25, 0.3) is 0 Å². The van der Waals surface area contributed by atoms with Gasteiger partial charge in [-0.15, -0.1) is 0 Å². The van der Waals surface area contributed by atoms with E-state index in [4.69, 9.17) is 0 Å². The van der Waals surface area contributed by atoms with Crippen LogP contribution in [0.1, 0.15) is 36.8 Å². The Kier molecular flexibility index (Phi) is 3.48. The van der Waals surface area contributed by atoms with Crippen LogP contribution in [0.4, 0.5) is 0 Å². The monoisotopic (exact) mass is 309 g/mol. The summed E-state index contributed by atoms with van der Waals surface area (Å²) in [6, 6.07) is 6.72. The second-order valence-electron chi connectivity index (χ2n) is 5.70. The predicted molar refractivity (Wildman–Crippen MR) is 76.8 cm³/mol. The topological polar surface area (TPSA) is 32.3 Å². The number of benzene rings is 1. The second-order valence-corrected chi connectivity index (χ2v) is 6.61. The first-order chi connectivity index (χ1) is 8.67. The van der Waals surface area contributed by atoms with Crippen LogP contribution >= 0.6 is 15.9 Å². The molecule has 18 heavy (non-hydrogen) atoms. The molecule has 2 unspecified atom stereocenters. The Labute approximate surface area is 117 Å². The highest BCUT2D eigenvalue weighted by Crippen LogP contribution is 2.34. The summed E-state index contributed by atoms with van der Waals surface area (Å²) in [5.41, 5.74) is 2.17. The van der Waals surface area contributed by atoms with Crippen molar-refractivity contribution >= 4 is 15.9 Å². The maximum atomic E-state index is 10.9. The van der Waals surface area contributed by atoms with Crippen LogP contribution < -0.4 is 5.32 Å². The van der Waals surface area contributed by atoms with Crippen molar-refractivity contribution in [3.63, 3.8) is 0 Å². The summed E-state index contributed by atoms with van der Waals surface area (Å²) in [5.74, 6) is 0. The van der Waals surface area contributed by atoms with Crippen molar-refractivity contribution < 1.29 is 5.11 Å². The van der Waals surface area contributed by atoms with Gasteiger partial charge in [-0.3, -0.25) is 0 Å². The van der Waals surface area contributed by atoms with Crippen molar-refractivity contribution in [3.8, 4) is 0 Å². The molecule has 1 fully saturated rings. The van der Waals surface area contributed by atoms with Crippen molar-refractivity contribution in [2.45, 2.75) is 50.2 Å². The number of piperidine rings is 1. The third kappa shape index (κ3) is 2.36. The van der Waals surface area contributed by atoms with Crippen LogP contribution in [0.25, 0.3) is 0 Å². The van der Waals surface area contributed by atoms with Crippen LogP contribution in [0.2, 0.25) is 0 Å². The Morgan fingerprint density at radius 1 is 1.28 bits per heavy atom. The number of hydrogen-bond acceptors (Lipinski definition) is 2. The molecule has 98 valence electrons. The number of fused-ring (bicyclic) bond motifs is 1. The van der Waals surface area contributed by atoms with Gasteiger partial charge in [0, 0.05) is 16.9 Å². The highest BCUT2D eigenvalue weighted by Gasteiger charge is 2.39. The molecule has 3 heteroatoms. The van der Waals surface area contributed by atoms with E-state index in [0.717, 1.165) is 36.7 Å². The quantitative estimate of drug-likeness (QED) is 0.836.